The van der Waals surface area contributed by atoms with Gasteiger partial charge in [-0.05, 0) is 50.1 Å². The second kappa shape index (κ2) is 10.4. The van der Waals surface area contributed by atoms with Crippen LogP contribution in [0.3, 0.4) is 0 Å². The minimum atomic E-state index is -0.669. The van der Waals surface area contributed by atoms with Crippen molar-refractivity contribution in [2.75, 3.05) is 42.7 Å². The zero-order valence-electron chi connectivity index (χ0n) is 20.3. The number of hydrogen-bond donors (Lipinski definition) is 3. The highest BCUT2D eigenvalue weighted by molar-refractivity contribution is 5.99. The molecule has 34 heavy (non-hydrogen) atoms. The van der Waals surface area contributed by atoms with Gasteiger partial charge in [0.1, 0.15) is 11.4 Å². The van der Waals surface area contributed by atoms with Gasteiger partial charge in [-0.2, -0.15) is 0 Å². The summed E-state index contributed by atoms with van der Waals surface area (Å²) in [4.78, 5) is 40.6. The number of amides is 1. The monoisotopic (exact) mass is 464 g/mol. The lowest BCUT2D eigenvalue weighted by Crippen LogP contribution is -2.37. The van der Waals surface area contributed by atoms with Crippen LogP contribution in [0.4, 0.5) is 22.7 Å². The van der Waals surface area contributed by atoms with Gasteiger partial charge in [-0.15, -0.1) is 0 Å². The van der Waals surface area contributed by atoms with E-state index in [1.165, 1.54) is 11.0 Å². The number of phenols is 1. The lowest BCUT2D eigenvalue weighted by atomic mass is 10.0. The predicted molar refractivity (Wildman–Crippen MR) is 137 cm³/mol. The average molecular weight is 465 g/mol. The molecular formula is C26H32N4O4. The fraction of sp³-hybridized carbons (Fsp3) is 0.346. The number of anilines is 4. The van der Waals surface area contributed by atoms with Crippen molar-refractivity contribution in [2.24, 2.45) is 0 Å². The van der Waals surface area contributed by atoms with E-state index >= 15 is 0 Å². The smallest absolute Gasteiger partial charge is 0.257 e. The van der Waals surface area contributed by atoms with Gasteiger partial charge in [0.15, 0.2) is 5.75 Å². The summed E-state index contributed by atoms with van der Waals surface area (Å²) in [5.74, 6) is -0.650. The lowest BCUT2D eigenvalue weighted by molar-refractivity contribution is 0.0824. The van der Waals surface area contributed by atoms with Gasteiger partial charge in [-0.3, -0.25) is 14.4 Å². The molecule has 0 bridgehead atoms. The molecule has 8 nitrogen and oxygen atoms in total. The molecule has 0 heterocycles. The molecule has 0 aromatic heterocycles. The maximum atomic E-state index is 12.4. The van der Waals surface area contributed by atoms with Crippen LogP contribution in [0.25, 0.3) is 0 Å². The summed E-state index contributed by atoms with van der Waals surface area (Å²) in [6, 6.07) is 12.6. The van der Waals surface area contributed by atoms with Gasteiger partial charge >= 0.3 is 0 Å². The van der Waals surface area contributed by atoms with Crippen LogP contribution >= 0.6 is 0 Å². The third-order valence-corrected chi connectivity index (χ3v) is 5.99. The Morgan fingerprint density at radius 1 is 0.941 bits per heavy atom. The largest absolute Gasteiger partial charge is 0.505 e. The fourth-order valence-electron chi connectivity index (χ4n) is 3.94. The van der Waals surface area contributed by atoms with Crippen molar-refractivity contribution in [3.8, 4) is 5.75 Å². The normalized spacial score (nSPS) is 11.8. The minimum Gasteiger partial charge on any atom is -0.505 e. The molecule has 0 aliphatic rings. The molecule has 0 saturated heterocycles. The number of phenolic OH excluding ortho intramolecular Hbond substituents is 1. The molecule has 0 aliphatic carbocycles. The van der Waals surface area contributed by atoms with Crippen molar-refractivity contribution in [3.05, 3.63) is 74.0 Å². The van der Waals surface area contributed by atoms with Crippen LogP contribution in [0.5, 0.6) is 5.75 Å². The summed E-state index contributed by atoms with van der Waals surface area (Å²) in [7, 11) is 3.17. The number of nitrogens with zero attached hydrogens (tertiary/aromatic N) is 2. The van der Waals surface area contributed by atoms with Gasteiger partial charge < -0.3 is 25.5 Å². The Bertz CT molecular complexity index is 1220. The summed E-state index contributed by atoms with van der Waals surface area (Å²) in [5.41, 5.74) is 1.38. The molecule has 1 unspecified atom stereocenters. The molecule has 3 aromatic carbocycles. The van der Waals surface area contributed by atoms with Gasteiger partial charge in [0.25, 0.3) is 16.8 Å². The van der Waals surface area contributed by atoms with Crippen LogP contribution in [0.15, 0.2) is 52.1 Å². The zero-order chi connectivity index (χ0) is 25.0. The van der Waals surface area contributed by atoms with Crippen LogP contribution < -0.4 is 26.4 Å². The van der Waals surface area contributed by atoms with Gasteiger partial charge in [-0.25, -0.2) is 0 Å². The number of hydrogen-bond acceptors (Lipinski definition) is 7. The molecule has 1 atom stereocenters. The van der Waals surface area contributed by atoms with Crippen LogP contribution in [-0.4, -0.2) is 43.1 Å². The maximum absolute atomic E-state index is 12.4. The number of nitrogens with one attached hydrogen (secondary N) is 2. The summed E-state index contributed by atoms with van der Waals surface area (Å²) < 4.78 is 0. The molecule has 1 amide bonds. The van der Waals surface area contributed by atoms with Crippen LogP contribution in [-0.2, 0) is 0 Å². The molecule has 0 spiro atoms. The molecule has 0 radical (unpaired) electrons. The Balaban J connectivity index is 1.85. The predicted octanol–water partition coefficient (Wildman–Crippen LogP) is 3.84. The van der Waals surface area contributed by atoms with E-state index in [1.54, 1.807) is 26.2 Å². The molecule has 3 N–H and O–H groups in total. The van der Waals surface area contributed by atoms with E-state index in [9.17, 15) is 19.5 Å². The number of carbonyl (C=O) groups excluding carboxylic acids is 1. The first-order valence-corrected chi connectivity index (χ1v) is 11.5. The van der Waals surface area contributed by atoms with Crippen molar-refractivity contribution in [1.29, 1.82) is 0 Å². The molecular weight excluding hydrogens is 432 g/mol. The van der Waals surface area contributed by atoms with Crippen molar-refractivity contribution in [3.63, 3.8) is 0 Å². The fourth-order valence-corrected chi connectivity index (χ4v) is 3.94. The number of aromatic hydroxyl groups is 1. The third kappa shape index (κ3) is 4.76. The maximum Gasteiger partial charge on any atom is 0.257 e. The Labute approximate surface area is 199 Å². The number of carbonyl (C=O) groups is 1. The lowest BCUT2D eigenvalue weighted by Gasteiger charge is -2.24. The SMILES string of the molecule is CCC(Nc1c(Nc2cccc(C(=O)N(C)C)c2O)c(=O)c1=O)c1ccc(N(CC)CC)cc1. The van der Waals surface area contributed by atoms with E-state index in [1.807, 2.05) is 19.1 Å². The highest BCUT2D eigenvalue weighted by Crippen LogP contribution is 2.33. The molecule has 3 rings (SSSR count). The average Bonchev–Trinajstić information content (AvgIpc) is 2.85. The van der Waals surface area contributed by atoms with Crippen LogP contribution in [0.2, 0.25) is 0 Å². The van der Waals surface area contributed by atoms with Crippen LogP contribution in [0.1, 0.15) is 49.2 Å². The molecule has 8 heteroatoms. The minimum absolute atomic E-state index is 0.0768. The topological polar surface area (TPSA) is 102 Å². The summed E-state index contributed by atoms with van der Waals surface area (Å²) in [6.07, 6.45) is 0.695. The first-order valence-electron chi connectivity index (χ1n) is 11.5. The highest BCUT2D eigenvalue weighted by Gasteiger charge is 2.25. The van der Waals surface area contributed by atoms with E-state index in [-0.39, 0.29) is 40.3 Å². The second-order valence-corrected chi connectivity index (χ2v) is 8.30. The van der Waals surface area contributed by atoms with E-state index < -0.39 is 10.9 Å². The van der Waals surface area contributed by atoms with Gasteiger partial charge in [-0.1, -0.05) is 25.1 Å². The summed E-state index contributed by atoms with van der Waals surface area (Å²) in [6.45, 7) is 8.04. The molecule has 3 aromatic rings. The van der Waals surface area contributed by atoms with Gasteiger partial charge in [0, 0.05) is 32.9 Å². The van der Waals surface area contributed by atoms with E-state index in [2.05, 4.69) is 41.5 Å². The summed E-state index contributed by atoms with van der Waals surface area (Å²) >= 11 is 0. The van der Waals surface area contributed by atoms with E-state index in [0.717, 1.165) is 24.3 Å². The Morgan fingerprint density at radius 2 is 1.56 bits per heavy atom. The van der Waals surface area contributed by atoms with Crippen LogP contribution in [0, 0.1) is 0 Å². The Hall–Kier alpha value is -3.81. The first kappa shape index (κ1) is 24.8. The number of benzene rings is 2. The van der Waals surface area contributed by atoms with Crippen molar-refractivity contribution < 1.29 is 9.90 Å². The van der Waals surface area contributed by atoms with E-state index in [0.29, 0.717) is 6.42 Å². The van der Waals surface area contributed by atoms with Crippen molar-refractivity contribution >= 4 is 28.7 Å². The van der Waals surface area contributed by atoms with E-state index in [4.69, 9.17) is 0 Å². The molecule has 0 saturated carbocycles. The Kier molecular flexibility index (Phi) is 7.61. The summed E-state index contributed by atoms with van der Waals surface area (Å²) in [5, 5.41) is 16.6. The quantitative estimate of drug-likeness (QED) is 0.309. The number of para-hydroxylation sites is 1. The van der Waals surface area contributed by atoms with Gasteiger partial charge in [0.05, 0.1) is 17.3 Å². The van der Waals surface area contributed by atoms with Crippen molar-refractivity contribution in [1.82, 2.24) is 4.90 Å². The third-order valence-electron chi connectivity index (χ3n) is 5.99. The second-order valence-electron chi connectivity index (χ2n) is 8.30. The molecule has 0 aliphatic heterocycles. The standard InChI is InChI=1S/C26H32N4O4/c1-6-19(16-12-14-17(15-13-16)30(7-2)8-3)27-21-22(25(33)24(21)32)28-20-11-9-10-18(23(20)31)26(34)29(4)5/h9-15,19,27-28,31H,6-8H2,1-5H3. The van der Waals surface area contributed by atoms with Crippen molar-refractivity contribution in [2.45, 2.75) is 33.2 Å². The molecule has 180 valence electrons. The zero-order valence-corrected chi connectivity index (χ0v) is 20.3. The van der Waals surface area contributed by atoms with Gasteiger partial charge in [0.2, 0.25) is 0 Å². The number of rotatable bonds is 10. The Morgan fingerprint density at radius 3 is 2.12 bits per heavy atom. The first-order chi connectivity index (χ1) is 16.2. The highest BCUT2D eigenvalue weighted by atomic mass is 16.3. The molecule has 0 fully saturated rings.